The molecular formula is C14H17NO2S. The maximum atomic E-state index is 12.5. The molecular weight excluding hydrogens is 246 g/mol. The first-order valence-electron chi connectivity index (χ1n) is 6.38. The van der Waals surface area contributed by atoms with Crippen LogP contribution < -0.4 is 0 Å². The minimum Gasteiger partial charge on any atom is -0.377 e. The average Bonchev–Trinajstić information content (AvgIpc) is 2.82. The number of fused-ring (bicyclic) bond motifs is 1. The van der Waals surface area contributed by atoms with E-state index in [2.05, 4.69) is 19.1 Å². The average molecular weight is 263 g/mol. The maximum Gasteiger partial charge on any atom is 0.236 e. The molecule has 96 valence electrons. The molecule has 1 aromatic carbocycles. The van der Waals surface area contributed by atoms with Crippen molar-refractivity contribution in [3.63, 3.8) is 0 Å². The minimum atomic E-state index is 0.0583. The number of hydrogen-bond acceptors (Lipinski definition) is 3. The van der Waals surface area contributed by atoms with Gasteiger partial charge in [-0.1, -0.05) is 18.2 Å². The summed E-state index contributed by atoms with van der Waals surface area (Å²) in [4.78, 5) is 15.8. The fourth-order valence-corrected chi connectivity index (χ4v) is 3.82. The zero-order chi connectivity index (χ0) is 12.5. The fourth-order valence-electron chi connectivity index (χ4n) is 2.56. The van der Waals surface area contributed by atoms with E-state index in [0.29, 0.717) is 13.2 Å². The van der Waals surface area contributed by atoms with Crippen molar-refractivity contribution in [1.82, 2.24) is 4.90 Å². The lowest BCUT2D eigenvalue weighted by atomic mass is 10.1. The highest BCUT2D eigenvalue weighted by Gasteiger charge is 2.34. The molecule has 0 N–H and O–H groups in total. The first kappa shape index (κ1) is 12.1. The van der Waals surface area contributed by atoms with Crippen LogP contribution in [0.4, 0.5) is 0 Å². The third kappa shape index (κ3) is 2.15. The lowest BCUT2D eigenvalue weighted by molar-refractivity contribution is -0.138. The number of carbonyl (C=O) groups is 1. The first-order chi connectivity index (χ1) is 8.75. The Bertz CT molecular complexity index is 438. The Kier molecular flexibility index (Phi) is 3.31. The van der Waals surface area contributed by atoms with E-state index in [9.17, 15) is 4.79 Å². The Balaban J connectivity index is 1.72. The number of benzene rings is 1. The van der Waals surface area contributed by atoms with Gasteiger partial charge in [0.1, 0.15) is 0 Å². The molecule has 4 heteroatoms. The summed E-state index contributed by atoms with van der Waals surface area (Å²) in [6.07, 6.45) is 0.865. The van der Waals surface area contributed by atoms with E-state index in [4.69, 9.17) is 4.74 Å². The van der Waals surface area contributed by atoms with Crippen molar-refractivity contribution in [1.29, 1.82) is 0 Å². The normalized spacial score (nSPS) is 27.1. The van der Waals surface area contributed by atoms with Crippen LogP contribution in [-0.4, -0.2) is 41.9 Å². The standard InChI is InChI=1S/C14H17NO2S/c1-10-9-17-7-6-15(10)14(16)13-8-11-4-2-3-5-12(11)18-13/h2-5,10,13H,6-9H2,1H3/t10-,13-/m1/s1. The largest absolute Gasteiger partial charge is 0.377 e. The minimum absolute atomic E-state index is 0.0583. The van der Waals surface area contributed by atoms with Crippen molar-refractivity contribution in [3.05, 3.63) is 29.8 Å². The molecule has 0 aliphatic carbocycles. The Labute approximate surface area is 111 Å². The van der Waals surface area contributed by atoms with E-state index in [0.717, 1.165) is 13.0 Å². The number of amides is 1. The summed E-state index contributed by atoms with van der Waals surface area (Å²) >= 11 is 1.71. The van der Waals surface area contributed by atoms with Crippen LogP contribution in [0.25, 0.3) is 0 Å². The van der Waals surface area contributed by atoms with Crippen molar-refractivity contribution in [2.24, 2.45) is 0 Å². The van der Waals surface area contributed by atoms with Crippen molar-refractivity contribution < 1.29 is 9.53 Å². The van der Waals surface area contributed by atoms with Gasteiger partial charge in [0.05, 0.1) is 24.5 Å². The van der Waals surface area contributed by atoms with Crippen LogP contribution in [0.1, 0.15) is 12.5 Å². The quantitative estimate of drug-likeness (QED) is 0.775. The number of ether oxygens (including phenoxy) is 1. The van der Waals surface area contributed by atoms with E-state index >= 15 is 0 Å². The summed E-state index contributed by atoms with van der Waals surface area (Å²) < 4.78 is 5.39. The van der Waals surface area contributed by atoms with Gasteiger partial charge in [0.15, 0.2) is 0 Å². The highest BCUT2D eigenvalue weighted by atomic mass is 32.2. The van der Waals surface area contributed by atoms with E-state index in [-0.39, 0.29) is 17.2 Å². The molecule has 0 radical (unpaired) electrons. The predicted octanol–water partition coefficient (Wildman–Crippen LogP) is 1.95. The van der Waals surface area contributed by atoms with Crippen LogP contribution in [0.5, 0.6) is 0 Å². The fraction of sp³-hybridized carbons (Fsp3) is 0.500. The van der Waals surface area contributed by atoms with Crippen LogP contribution >= 0.6 is 11.8 Å². The van der Waals surface area contributed by atoms with Crippen molar-refractivity contribution in [3.8, 4) is 0 Å². The number of hydrogen-bond donors (Lipinski definition) is 0. The molecule has 2 aliphatic heterocycles. The second-order valence-corrected chi connectivity index (χ2v) is 6.12. The zero-order valence-corrected chi connectivity index (χ0v) is 11.3. The summed E-state index contributed by atoms with van der Waals surface area (Å²) in [6.45, 7) is 4.12. The van der Waals surface area contributed by atoms with Gasteiger partial charge < -0.3 is 9.64 Å². The molecule has 3 rings (SSSR count). The molecule has 1 fully saturated rings. The van der Waals surface area contributed by atoms with Gasteiger partial charge in [-0.25, -0.2) is 0 Å². The van der Waals surface area contributed by atoms with Gasteiger partial charge in [-0.2, -0.15) is 0 Å². The first-order valence-corrected chi connectivity index (χ1v) is 7.26. The number of rotatable bonds is 1. The molecule has 2 heterocycles. The molecule has 0 bridgehead atoms. The smallest absolute Gasteiger partial charge is 0.236 e. The second-order valence-electron chi connectivity index (χ2n) is 4.87. The summed E-state index contributed by atoms with van der Waals surface area (Å²) in [5.74, 6) is 0.270. The number of nitrogens with zero attached hydrogens (tertiary/aromatic N) is 1. The highest BCUT2D eigenvalue weighted by Crippen LogP contribution is 2.37. The van der Waals surface area contributed by atoms with Gasteiger partial charge in [0, 0.05) is 11.4 Å². The summed E-state index contributed by atoms with van der Waals surface area (Å²) in [5.41, 5.74) is 1.31. The van der Waals surface area contributed by atoms with Crippen LogP contribution in [0.2, 0.25) is 0 Å². The lowest BCUT2D eigenvalue weighted by Gasteiger charge is -2.34. The van der Waals surface area contributed by atoms with Crippen molar-refractivity contribution in [2.45, 2.75) is 29.5 Å². The molecule has 2 aliphatic rings. The Morgan fingerprint density at radius 1 is 1.44 bits per heavy atom. The maximum absolute atomic E-state index is 12.5. The molecule has 1 saturated heterocycles. The van der Waals surface area contributed by atoms with E-state index < -0.39 is 0 Å². The number of morpholine rings is 1. The van der Waals surface area contributed by atoms with Gasteiger partial charge in [-0.3, -0.25) is 4.79 Å². The molecule has 2 atom stereocenters. The lowest BCUT2D eigenvalue weighted by Crippen LogP contribution is -2.50. The molecule has 0 aromatic heterocycles. The van der Waals surface area contributed by atoms with Crippen LogP contribution in [-0.2, 0) is 16.0 Å². The van der Waals surface area contributed by atoms with Crippen LogP contribution in [0.15, 0.2) is 29.2 Å². The van der Waals surface area contributed by atoms with Gasteiger partial charge >= 0.3 is 0 Å². The monoisotopic (exact) mass is 263 g/mol. The Morgan fingerprint density at radius 2 is 2.28 bits per heavy atom. The van der Waals surface area contributed by atoms with Crippen molar-refractivity contribution in [2.75, 3.05) is 19.8 Å². The molecule has 1 aromatic rings. The van der Waals surface area contributed by atoms with Gasteiger partial charge in [0.2, 0.25) is 5.91 Å². The van der Waals surface area contributed by atoms with E-state index in [1.54, 1.807) is 11.8 Å². The van der Waals surface area contributed by atoms with Gasteiger partial charge in [0.25, 0.3) is 0 Å². The second kappa shape index (κ2) is 4.94. The molecule has 0 unspecified atom stereocenters. The van der Waals surface area contributed by atoms with Gasteiger partial charge in [-0.15, -0.1) is 11.8 Å². The highest BCUT2D eigenvalue weighted by molar-refractivity contribution is 8.01. The van der Waals surface area contributed by atoms with Crippen LogP contribution in [0, 0.1) is 0 Å². The summed E-state index contributed by atoms with van der Waals surface area (Å²) in [7, 11) is 0. The summed E-state index contributed by atoms with van der Waals surface area (Å²) in [6, 6.07) is 8.52. The SMILES string of the molecule is C[C@@H]1COCCN1C(=O)[C@H]1Cc2ccccc2S1. The van der Waals surface area contributed by atoms with E-state index in [1.807, 2.05) is 17.0 Å². The summed E-state index contributed by atoms with van der Waals surface area (Å²) in [5, 5.41) is 0.0583. The van der Waals surface area contributed by atoms with Crippen LogP contribution in [0.3, 0.4) is 0 Å². The molecule has 1 amide bonds. The molecule has 3 nitrogen and oxygen atoms in total. The molecule has 18 heavy (non-hydrogen) atoms. The Morgan fingerprint density at radius 3 is 3.06 bits per heavy atom. The number of carbonyl (C=O) groups excluding carboxylic acids is 1. The van der Waals surface area contributed by atoms with Gasteiger partial charge in [-0.05, 0) is 25.0 Å². The molecule has 0 spiro atoms. The van der Waals surface area contributed by atoms with Crippen molar-refractivity contribution >= 4 is 17.7 Å². The third-order valence-corrected chi connectivity index (χ3v) is 4.88. The Hall–Kier alpha value is -1.00. The third-order valence-electron chi connectivity index (χ3n) is 3.57. The van der Waals surface area contributed by atoms with E-state index in [1.165, 1.54) is 10.5 Å². The predicted molar refractivity (Wildman–Crippen MR) is 71.8 cm³/mol. The molecule has 0 saturated carbocycles. The topological polar surface area (TPSA) is 29.5 Å². The zero-order valence-electron chi connectivity index (χ0n) is 10.5. The number of thioether (sulfide) groups is 1.